The van der Waals surface area contributed by atoms with Crippen molar-refractivity contribution in [2.75, 3.05) is 18.2 Å². The van der Waals surface area contributed by atoms with E-state index >= 15 is 0 Å². The van der Waals surface area contributed by atoms with Crippen LogP contribution in [0.25, 0.3) is 11.4 Å². The maximum atomic E-state index is 12.9. The van der Waals surface area contributed by atoms with E-state index in [1.165, 1.54) is 41.5 Å². The minimum absolute atomic E-state index is 0.130. The average Bonchev–Trinajstić information content (AvgIpc) is 3.38. The summed E-state index contributed by atoms with van der Waals surface area (Å²) in [6, 6.07) is 3.75. The standard InChI is InChI=1S/C24H27N5O3S2/c1-3-13-29-21(16-9-8-12-25-14-16)27-28-24(29)33-15-19(30)26-22-20(23(31)32-2)17-10-6-4-5-7-11-18(17)34-22/h3,8-9,12,14H,1,4-7,10-11,13,15H2,2H3,(H,26,30). The van der Waals surface area contributed by atoms with Crippen LogP contribution in [0.5, 0.6) is 0 Å². The number of rotatable bonds is 8. The van der Waals surface area contributed by atoms with Crippen LogP contribution >= 0.6 is 23.1 Å². The van der Waals surface area contributed by atoms with E-state index in [1.54, 1.807) is 18.5 Å². The molecule has 1 amide bonds. The maximum absolute atomic E-state index is 12.9. The maximum Gasteiger partial charge on any atom is 0.341 e. The zero-order valence-corrected chi connectivity index (χ0v) is 20.7. The number of ether oxygens (including phenoxy) is 1. The van der Waals surface area contributed by atoms with Gasteiger partial charge in [0.1, 0.15) is 5.00 Å². The van der Waals surface area contributed by atoms with Gasteiger partial charge in [-0.05, 0) is 43.4 Å². The Morgan fingerprint density at radius 3 is 2.82 bits per heavy atom. The number of esters is 1. The summed E-state index contributed by atoms with van der Waals surface area (Å²) in [5, 5.41) is 12.7. The lowest BCUT2D eigenvalue weighted by atomic mass is 9.96. The summed E-state index contributed by atoms with van der Waals surface area (Å²) in [5.74, 6) is 0.196. The van der Waals surface area contributed by atoms with Gasteiger partial charge in [-0.3, -0.25) is 14.3 Å². The summed E-state index contributed by atoms with van der Waals surface area (Å²) < 4.78 is 6.95. The smallest absolute Gasteiger partial charge is 0.341 e. The number of amides is 1. The third kappa shape index (κ3) is 5.39. The van der Waals surface area contributed by atoms with Gasteiger partial charge in [0.15, 0.2) is 11.0 Å². The highest BCUT2D eigenvalue weighted by molar-refractivity contribution is 7.99. The molecular formula is C24H27N5O3S2. The molecule has 1 aliphatic rings. The highest BCUT2D eigenvalue weighted by Crippen LogP contribution is 2.37. The number of methoxy groups -OCH3 is 1. The predicted molar refractivity (Wildman–Crippen MR) is 134 cm³/mol. The van der Waals surface area contributed by atoms with Gasteiger partial charge in [0.25, 0.3) is 0 Å². The fraction of sp³-hybridized carbons (Fsp3) is 0.375. The summed E-state index contributed by atoms with van der Waals surface area (Å²) in [7, 11) is 1.38. The zero-order chi connectivity index (χ0) is 23.9. The van der Waals surface area contributed by atoms with Gasteiger partial charge in [0.05, 0.1) is 18.4 Å². The Bertz CT molecular complexity index is 1170. The van der Waals surface area contributed by atoms with E-state index in [1.807, 2.05) is 16.7 Å². The summed E-state index contributed by atoms with van der Waals surface area (Å²) in [4.78, 5) is 30.8. The molecule has 0 aromatic carbocycles. The van der Waals surface area contributed by atoms with Gasteiger partial charge >= 0.3 is 5.97 Å². The summed E-state index contributed by atoms with van der Waals surface area (Å²) in [6.07, 6.45) is 11.4. The van der Waals surface area contributed by atoms with E-state index in [-0.39, 0.29) is 11.7 Å². The Labute approximate surface area is 206 Å². The minimum Gasteiger partial charge on any atom is -0.465 e. The van der Waals surface area contributed by atoms with Crippen LogP contribution in [0.2, 0.25) is 0 Å². The number of hydrogen-bond acceptors (Lipinski definition) is 8. The quantitative estimate of drug-likeness (QED) is 0.272. The highest BCUT2D eigenvalue weighted by atomic mass is 32.2. The van der Waals surface area contributed by atoms with Gasteiger partial charge in [-0.2, -0.15) is 0 Å². The van der Waals surface area contributed by atoms with Crippen molar-refractivity contribution >= 4 is 40.0 Å². The van der Waals surface area contributed by atoms with E-state index in [0.717, 1.165) is 43.2 Å². The Hall–Kier alpha value is -2.98. The Balaban J connectivity index is 1.51. The van der Waals surface area contributed by atoms with Crippen molar-refractivity contribution in [3.05, 3.63) is 53.2 Å². The van der Waals surface area contributed by atoms with Gasteiger partial charge in [-0.1, -0.05) is 30.7 Å². The Kier molecular flexibility index (Phi) is 8.12. The van der Waals surface area contributed by atoms with Gasteiger partial charge in [0, 0.05) is 29.4 Å². The number of hydrogen-bond donors (Lipinski definition) is 1. The molecule has 0 spiro atoms. The van der Waals surface area contributed by atoms with Crippen LogP contribution in [0.15, 0.2) is 42.3 Å². The van der Waals surface area contributed by atoms with Crippen molar-refractivity contribution < 1.29 is 14.3 Å². The number of allylic oxidation sites excluding steroid dienone is 1. The normalized spacial score (nSPS) is 13.4. The average molecular weight is 498 g/mol. The fourth-order valence-corrected chi connectivity index (χ4v) is 6.06. The van der Waals surface area contributed by atoms with Crippen molar-refractivity contribution in [1.29, 1.82) is 0 Å². The predicted octanol–water partition coefficient (Wildman–Crippen LogP) is 4.76. The fourth-order valence-electron chi connectivity index (χ4n) is 4.02. The number of nitrogens with one attached hydrogen (secondary N) is 1. The third-order valence-corrected chi connectivity index (χ3v) is 7.77. The van der Waals surface area contributed by atoms with E-state index < -0.39 is 5.97 Å². The third-order valence-electron chi connectivity index (χ3n) is 5.59. The molecule has 4 rings (SSSR count). The van der Waals surface area contributed by atoms with Crippen LogP contribution in [-0.2, 0) is 28.9 Å². The van der Waals surface area contributed by atoms with Gasteiger partial charge in [0.2, 0.25) is 5.91 Å². The minimum atomic E-state index is -0.395. The van der Waals surface area contributed by atoms with Gasteiger partial charge in [-0.15, -0.1) is 28.1 Å². The number of aromatic nitrogens is 4. The molecule has 10 heteroatoms. The lowest BCUT2D eigenvalue weighted by Gasteiger charge is -2.11. The molecule has 0 atom stereocenters. The molecule has 1 aliphatic carbocycles. The number of nitrogens with zero attached hydrogens (tertiary/aromatic N) is 4. The van der Waals surface area contributed by atoms with Crippen LogP contribution in [0, 0.1) is 0 Å². The second-order valence-electron chi connectivity index (χ2n) is 7.90. The van der Waals surface area contributed by atoms with Crippen molar-refractivity contribution in [1.82, 2.24) is 19.7 Å². The molecule has 0 unspecified atom stereocenters. The first kappa shape index (κ1) is 24.2. The van der Waals surface area contributed by atoms with Crippen LogP contribution in [-0.4, -0.2) is 44.5 Å². The number of pyridine rings is 1. The number of carbonyl (C=O) groups is 2. The van der Waals surface area contributed by atoms with Crippen LogP contribution in [0.1, 0.15) is 46.5 Å². The SMILES string of the molecule is C=CCn1c(SCC(=O)Nc2sc3c(c2C(=O)OC)CCCCCC3)nnc1-c1cccnc1. The first-order valence-electron chi connectivity index (χ1n) is 11.2. The summed E-state index contributed by atoms with van der Waals surface area (Å²) in [5.41, 5.74) is 2.38. The molecular weight excluding hydrogens is 470 g/mol. The van der Waals surface area contributed by atoms with E-state index in [2.05, 4.69) is 27.1 Å². The van der Waals surface area contributed by atoms with E-state index in [4.69, 9.17) is 4.74 Å². The zero-order valence-electron chi connectivity index (χ0n) is 19.1. The molecule has 1 N–H and O–H groups in total. The highest BCUT2D eigenvalue weighted by Gasteiger charge is 2.26. The van der Waals surface area contributed by atoms with E-state index in [0.29, 0.717) is 28.1 Å². The Morgan fingerprint density at radius 2 is 2.09 bits per heavy atom. The molecule has 3 aromatic heterocycles. The lowest BCUT2D eigenvalue weighted by Crippen LogP contribution is -2.17. The number of thiophene rings is 1. The van der Waals surface area contributed by atoms with Crippen molar-refractivity contribution in [3.63, 3.8) is 0 Å². The molecule has 0 aliphatic heterocycles. The number of thioether (sulfide) groups is 1. The largest absolute Gasteiger partial charge is 0.465 e. The monoisotopic (exact) mass is 497 g/mol. The molecule has 0 radical (unpaired) electrons. The van der Waals surface area contributed by atoms with Crippen LogP contribution in [0.4, 0.5) is 5.00 Å². The van der Waals surface area contributed by atoms with Crippen molar-refractivity contribution in [2.45, 2.75) is 50.2 Å². The lowest BCUT2D eigenvalue weighted by molar-refractivity contribution is -0.113. The summed E-state index contributed by atoms with van der Waals surface area (Å²) in [6.45, 7) is 4.32. The Morgan fingerprint density at radius 1 is 1.26 bits per heavy atom. The molecule has 8 nitrogen and oxygen atoms in total. The topological polar surface area (TPSA) is 99.0 Å². The second kappa shape index (κ2) is 11.4. The molecule has 0 saturated heterocycles. The number of aryl methyl sites for hydroxylation is 1. The molecule has 0 saturated carbocycles. The molecule has 0 fully saturated rings. The number of fused-ring (bicyclic) bond motifs is 1. The van der Waals surface area contributed by atoms with Gasteiger partial charge < -0.3 is 10.1 Å². The van der Waals surface area contributed by atoms with Gasteiger partial charge in [-0.25, -0.2) is 4.79 Å². The van der Waals surface area contributed by atoms with Crippen LogP contribution < -0.4 is 5.32 Å². The van der Waals surface area contributed by atoms with Crippen molar-refractivity contribution in [2.24, 2.45) is 0 Å². The first-order chi connectivity index (χ1) is 16.6. The van der Waals surface area contributed by atoms with Crippen molar-refractivity contribution in [3.8, 4) is 11.4 Å². The molecule has 3 aromatic rings. The molecule has 178 valence electrons. The molecule has 34 heavy (non-hydrogen) atoms. The van der Waals surface area contributed by atoms with Crippen LogP contribution in [0.3, 0.4) is 0 Å². The second-order valence-corrected chi connectivity index (χ2v) is 9.95. The summed E-state index contributed by atoms with van der Waals surface area (Å²) >= 11 is 2.78. The number of anilines is 1. The molecule has 3 heterocycles. The number of carbonyl (C=O) groups excluding carboxylic acids is 2. The molecule has 0 bridgehead atoms. The van der Waals surface area contributed by atoms with E-state index in [9.17, 15) is 9.59 Å². The first-order valence-corrected chi connectivity index (χ1v) is 13.0.